The highest BCUT2D eigenvalue weighted by Crippen LogP contribution is 2.32. The molecule has 3 N–H and O–H groups in total. The van der Waals surface area contributed by atoms with E-state index in [9.17, 15) is 27.5 Å². The van der Waals surface area contributed by atoms with Crippen LogP contribution in [-0.2, 0) is 4.79 Å². The summed E-state index contributed by atoms with van der Waals surface area (Å²) in [6.07, 6.45) is -0.709. The van der Waals surface area contributed by atoms with Crippen LogP contribution < -0.4 is 5.73 Å². The van der Waals surface area contributed by atoms with Gasteiger partial charge in [0.15, 0.2) is 23.4 Å². The highest BCUT2D eigenvalue weighted by Gasteiger charge is 2.36. The number of amides is 1. The van der Waals surface area contributed by atoms with Crippen LogP contribution in [0.3, 0.4) is 0 Å². The van der Waals surface area contributed by atoms with E-state index in [2.05, 4.69) is 15.1 Å². The Kier molecular flexibility index (Phi) is 5.55. The first-order valence-corrected chi connectivity index (χ1v) is 10.9. The molecule has 5 rings (SSSR count). The minimum Gasteiger partial charge on any atom is -0.378 e. The number of carbonyl (C=O) groups is 1. The number of nitrogen functional groups attached to an aromatic ring is 1. The summed E-state index contributed by atoms with van der Waals surface area (Å²) in [4.78, 5) is 22.9. The molecule has 3 heterocycles. The van der Waals surface area contributed by atoms with Crippen LogP contribution in [0.2, 0.25) is 0 Å². The quantitative estimate of drug-likeness (QED) is 0.429. The number of likely N-dealkylation sites (tertiary alicyclic amines) is 1. The summed E-state index contributed by atoms with van der Waals surface area (Å²) in [6.45, 7) is 1.89. The van der Waals surface area contributed by atoms with E-state index >= 15 is 0 Å². The standard InChI is InChI=1S/C23H20F4N6O2/c1-10-2-3-11(9-32(10)22(35)19(34)14-5-4-12(24)7-16(14)26)20-30-21-15-6-13(25)8-17(27)18(15)29-23(28)33(21)31-20/h4-8,10-11,19,34H,2-3,9H2,1H3,(H2,28,29)/t10-,11+,19?/m0/s1. The van der Waals surface area contributed by atoms with E-state index < -0.39 is 41.2 Å². The number of aliphatic hydroxyl groups excluding tert-OH is 1. The maximum absolute atomic E-state index is 14.2. The molecule has 0 spiro atoms. The second-order valence-corrected chi connectivity index (χ2v) is 8.64. The number of aromatic nitrogens is 4. The minimum absolute atomic E-state index is 0.0924. The number of carbonyl (C=O) groups excluding carboxylic acids is 1. The molecule has 3 atom stereocenters. The van der Waals surface area contributed by atoms with E-state index in [-0.39, 0.29) is 46.5 Å². The van der Waals surface area contributed by atoms with Crippen LogP contribution in [0, 0.1) is 23.3 Å². The first kappa shape index (κ1) is 23.0. The molecule has 1 amide bonds. The molecule has 35 heavy (non-hydrogen) atoms. The Balaban J connectivity index is 1.48. The average molecular weight is 488 g/mol. The number of halogens is 4. The van der Waals surface area contributed by atoms with Crippen molar-refractivity contribution >= 4 is 28.4 Å². The van der Waals surface area contributed by atoms with Gasteiger partial charge in [-0.05, 0) is 31.9 Å². The van der Waals surface area contributed by atoms with E-state index in [1.54, 1.807) is 6.92 Å². The molecule has 4 aromatic rings. The Labute approximate surface area is 196 Å². The van der Waals surface area contributed by atoms with Gasteiger partial charge in [-0.1, -0.05) is 6.07 Å². The Morgan fingerprint density at radius 3 is 2.57 bits per heavy atom. The van der Waals surface area contributed by atoms with Crippen molar-refractivity contribution in [1.82, 2.24) is 24.5 Å². The Morgan fingerprint density at radius 2 is 1.83 bits per heavy atom. The highest BCUT2D eigenvalue weighted by atomic mass is 19.1. The summed E-state index contributed by atoms with van der Waals surface area (Å²) < 4.78 is 56.7. The maximum Gasteiger partial charge on any atom is 0.256 e. The third kappa shape index (κ3) is 3.93. The van der Waals surface area contributed by atoms with Gasteiger partial charge in [-0.15, -0.1) is 5.10 Å². The van der Waals surface area contributed by atoms with Crippen LogP contribution in [0.15, 0.2) is 30.3 Å². The monoisotopic (exact) mass is 488 g/mol. The summed E-state index contributed by atoms with van der Waals surface area (Å²) in [5, 5.41) is 15.0. The molecule has 0 saturated carbocycles. The fourth-order valence-electron chi connectivity index (χ4n) is 4.49. The minimum atomic E-state index is -1.82. The number of fused-ring (bicyclic) bond motifs is 3. The van der Waals surface area contributed by atoms with Gasteiger partial charge in [0.25, 0.3) is 5.91 Å². The molecule has 2 aromatic carbocycles. The molecule has 1 saturated heterocycles. The zero-order valence-corrected chi connectivity index (χ0v) is 18.4. The van der Waals surface area contributed by atoms with E-state index in [1.165, 1.54) is 9.42 Å². The van der Waals surface area contributed by atoms with Gasteiger partial charge in [-0.3, -0.25) is 4.79 Å². The molecule has 1 unspecified atom stereocenters. The summed E-state index contributed by atoms with van der Waals surface area (Å²) in [7, 11) is 0. The lowest BCUT2D eigenvalue weighted by atomic mass is 9.92. The van der Waals surface area contributed by atoms with Crippen LogP contribution in [0.5, 0.6) is 0 Å². The van der Waals surface area contributed by atoms with Gasteiger partial charge in [0.2, 0.25) is 5.95 Å². The third-order valence-corrected chi connectivity index (χ3v) is 6.36. The predicted octanol–water partition coefficient (Wildman–Crippen LogP) is 3.24. The number of rotatable bonds is 3. The Hall–Kier alpha value is -3.80. The molecule has 8 nitrogen and oxygen atoms in total. The van der Waals surface area contributed by atoms with Crippen molar-refractivity contribution in [2.45, 2.75) is 37.8 Å². The molecule has 2 aromatic heterocycles. The SMILES string of the molecule is C[C@H]1CC[C@@H](c2nc3c4cc(F)cc(F)c4nc(N)n3n2)CN1C(=O)C(O)c1ccc(F)cc1F. The predicted molar refractivity (Wildman–Crippen MR) is 117 cm³/mol. The van der Waals surface area contributed by atoms with E-state index in [4.69, 9.17) is 5.73 Å². The summed E-state index contributed by atoms with van der Waals surface area (Å²) in [5.74, 6) is -4.54. The second-order valence-electron chi connectivity index (χ2n) is 8.64. The number of piperidine rings is 1. The summed E-state index contributed by atoms with van der Waals surface area (Å²) >= 11 is 0. The number of hydrogen-bond donors (Lipinski definition) is 2. The second kappa shape index (κ2) is 8.45. The van der Waals surface area contributed by atoms with Crippen molar-refractivity contribution < 1.29 is 27.5 Å². The van der Waals surface area contributed by atoms with E-state index in [0.717, 1.165) is 18.2 Å². The van der Waals surface area contributed by atoms with Gasteiger partial charge in [0.05, 0.1) is 5.39 Å². The van der Waals surface area contributed by atoms with Gasteiger partial charge in [-0.25, -0.2) is 27.5 Å². The zero-order chi connectivity index (χ0) is 25.0. The van der Waals surface area contributed by atoms with Gasteiger partial charge in [0.1, 0.15) is 23.0 Å². The van der Waals surface area contributed by atoms with E-state index in [1.807, 2.05) is 0 Å². The zero-order valence-electron chi connectivity index (χ0n) is 18.4. The molecule has 182 valence electrons. The fourth-order valence-corrected chi connectivity index (χ4v) is 4.49. The van der Waals surface area contributed by atoms with Crippen LogP contribution in [-0.4, -0.2) is 48.1 Å². The average Bonchev–Trinajstić information content (AvgIpc) is 3.26. The maximum atomic E-state index is 14.2. The lowest BCUT2D eigenvalue weighted by Crippen LogP contribution is -2.47. The van der Waals surface area contributed by atoms with Crippen molar-refractivity contribution in [2.24, 2.45) is 0 Å². The van der Waals surface area contributed by atoms with Gasteiger partial charge < -0.3 is 15.7 Å². The van der Waals surface area contributed by atoms with Crippen LogP contribution in [0.25, 0.3) is 16.6 Å². The largest absolute Gasteiger partial charge is 0.378 e. The topological polar surface area (TPSA) is 110 Å². The first-order chi connectivity index (χ1) is 16.6. The van der Waals surface area contributed by atoms with Crippen molar-refractivity contribution in [3.8, 4) is 0 Å². The number of anilines is 1. The van der Waals surface area contributed by atoms with Crippen molar-refractivity contribution in [2.75, 3.05) is 12.3 Å². The number of benzene rings is 2. The lowest BCUT2D eigenvalue weighted by molar-refractivity contribution is -0.144. The van der Waals surface area contributed by atoms with Crippen LogP contribution in [0.4, 0.5) is 23.5 Å². The highest BCUT2D eigenvalue weighted by molar-refractivity contribution is 5.92. The Morgan fingerprint density at radius 1 is 1.09 bits per heavy atom. The summed E-state index contributed by atoms with van der Waals surface area (Å²) in [6, 6.07) is 4.11. The van der Waals surface area contributed by atoms with Crippen LogP contribution in [0.1, 0.15) is 43.2 Å². The molecular formula is C23H20F4N6O2. The van der Waals surface area contributed by atoms with Crippen LogP contribution >= 0.6 is 0 Å². The molecule has 12 heteroatoms. The number of nitrogens with zero attached hydrogens (tertiary/aromatic N) is 5. The molecule has 0 bridgehead atoms. The van der Waals surface area contributed by atoms with Crippen molar-refractivity contribution in [3.63, 3.8) is 0 Å². The van der Waals surface area contributed by atoms with Gasteiger partial charge in [-0.2, -0.15) is 4.52 Å². The van der Waals surface area contributed by atoms with Gasteiger partial charge >= 0.3 is 0 Å². The number of nitrogens with two attached hydrogens (primary N) is 1. The van der Waals surface area contributed by atoms with E-state index in [0.29, 0.717) is 25.0 Å². The fraction of sp³-hybridized carbons (Fsp3) is 0.304. The molecule has 1 fully saturated rings. The summed E-state index contributed by atoms with van der Waals surface area (Å²) in [5.41, 5.74) is 5.57. The third-order valence-electron chi connectivity index (χ3n) is 6.36. The molecule has 1 aliphatic rings. The first-order valence-electron chi connectivity index (χ1n) is 10.9. The van der Waals surface area contributed by atoms with Gasteiger partial charge in [0, 0.05) is 36.2 Å². The Bertz CT molecular complexity index is 1480. The van der Waals surface area contributed by atoms with Crippen molar-refractivity contribution in [1.29, 1.82) is 0 Å². The lowest BCUT2D eigenvalue weighted by Gasteiger charge is -2.38. The number of aliphatic hydroxyl groups is 1. The molecule has 1 aliphatic heterocycles. The normalized spacial score (nSPS) is 19.4. The molecule has 0 aliphatic carbocycles. The molecule has 0 radical (unpaired) electrons. The number of hydrogen-bond acceptors (Lipinski definition) is 6. The molecular weight excluding hydrogens is 468 g/mol. The van der Waals surface area contributed by atoms with Crippen molar-refractivity contribution in [3.05, 3.63) is 65.0 Å². The smallest absolute Gasteiger partial charge is 0.256 e.